The number of aryl methyl sites for hydroxylation is 2. The van der Waals surface area contributed by atoms with Crippen molar-refractivity contribution in [2.24, 2.45) is 20.6 Å². The first-order valence-corrected chi connectivity index (χ1v) is 14.4. The van der Waals surface area contributed by atoms with Gasteiger partial charge in [-0.1, -0.05) is 42.5 Å². The number of phenolic OH excluding ortho intramolecular Hbond substituents is 1. The number of aromatic carboxylic acids is 1. The molecule has 0 aliphatic rings. The summed E-state index contributed by atoms with van der Waals surface area (Å²) in [5.41, 5.74) is 9.70. The van der Waals surface area contributed by atoms with E-state index in [2.05, 4.69) is 20.6 Å². The van der Waals surface area contributed by atoms with Crippen LogP contribution in [0.1, 0.15) is 21.5 Å². The molecule has 5 N–H and O–H groups in total. The number of rotatable bonds is 8. The molecule has 0 fully saturated rings. The van der Waals surface area contributed by atoms with E-state index in [0.717, 1.165) is 17.2 Å². The maximum absolute atomic E-state index is 12.1. The summed E-state index contributed by atoms with van der Waals surface area (Å²) in [5, 5.41) is 36.9. The molecule has 12 nitrogen and oxygen atoms in total. The van der Waals surface area contributed by atoms with Crippen molar-refractivity contribution in [1.29, 1.82) is 0 Å². The zero-order chi connectivity index (χ0) is 31.6. The third-order valence-electron chi connectivity index (χ3n) is 6.73. The predicted molar refractivity (Wildman–Crippen MR) is 164 cm³/mol. The number of phenols is 1. The van der Waals surface area contributed by atoms with Crippen molar-refractivity contribution in [3.05, 3.63) is 102 Å². The molecule has 5 aromatic carbocycles. The van der Waals surface area contributed by atoms with Gasteiger partial charge in [0.25, 0.3) is 10.1 Å². The molecule has 222 valence electrons. The van der Waals surface area contributed by atoms with Gasteiger partial charge in [0.2, 0.25) is 0 Å². The summed E-state index contributed by atoms with van der Waals surface area (Å²) in [5.74, 6) is -1.85. The molecule has 0 spiro atoms. The Morgan fingerprint density at radius 2 is 1.50 bits per heavy atom. The number of carboxylic acids is 1. The Hall–Kier alpha value is -5.66. The Morgan fingerprint density at radius 3 is 2.16 bits per heavy atom. The predicted octanol–water partition coefficient (Wildman–Crippen LogP) is 7.85. The molecule has 0 aliphatic heterocycles. The molecule has 0 radical (unpaired) electrons. The largest absolute Gasteiger partial charge is 0.507 e. The summed E-state index contributed by atoms with van der Waals surface area (Å²) < 4.78 is 32.7. The van der Waals surface area contributed by atoms with Crippen LogP contribution in [0.4, 0.5) is 22.7 Å². The topological polar surface area (TPSA) is 197 Å². The van der Waals surface area contributed by atoms with Gasteiger partial charge < -0.3 is 20.8 Å². The van der Waals surface area contributed by atoms with Crippen LogP contribution in [-0.4, -0.2) is 29.2 Å². The van der Waals surface area contributed by atoms with E-state index in [4.69, 9.17) is 10.6 Å². The van der Waals surface area contributed by atoms with Crippen LogP contribution in [0.15, 0.2) is 110 Å². The molecule has 0 saturated carbocycles. The lowest BCUT2D eigenvalue weighted by atomic mass is 10.0. The number of carbonyl (C=O) groups is 1. The molecule has 5 aromatic rings. The first kappa shape index (κ1) is 29.8. The van der Waals surface area contributed by atoms with Crippen molar-refractivity contribution in [1.82, 2.24) is 0 Å². The highest BCUT2D eigenvalue weighted by atomic mass is 32.2. The number of azo groups is 1. The lowest BCUT2D eigenvalue weighted by molar-refractivity contribution is 0.0691. The van der Waals surface area contributed by atoms with Crippen LogP contribution >= 0.6 is 0 Å². The Kier molecular flexibility index (Phi) is 8.07. The zero-order valence-corrected chi connectivity index (χ0v) is 24.1. The Labute approximate surface area is 251 Å². The number of benzene rings is 5. The van der Waals surface area contributed by atoms with E-state index in [9.17, 15) is 28.0 Å². The smallest absolute Gasteiger partial charge is 0.339 e. The molecular formula is C31H25N5O7S. The number of aromatic hydroxyl groups is 1. The van der Waals surface area contributed by atoms with Crippen LogP contribution < -0.4 is 10.6 Å². The fraction of sp³-hybridized carbons (Fsp3) is 0.0645. The lowest BCUT2D eigenvalue weighted by Gasteiger charge is -2.12. The molecule has 13 heteroatoms. The average molecular weight is 612 g/mol. The van der Waals surface area contributed by atoms with Gasteiger partial charge in [-0.3, -0.25) is 4.55 Å². The fourth-order valence-corrected chi connectivity index (χ4v) is 5.08. The van der Waals surface area contributed by atoms with Gasteiger partial charge in [-0.05, 0) is 77.9 Å². The van der Waals surface area contributed by atoms with Crippen molar-refractivity contribution < 1.29 is 32.8 Å². The van der Waals surface area contributed by atoms with Crippen molar-refractivity contribution >= 4 is 49.6 Å². The molecule has 0 heterocycles. The summed E-state index contributed by atoms with van der Waals surface area (Å²) >= 11 is 0. The maximum atomic E-state index is 12.1. The molecule has 0 atom stereocenters. The molecule has 44 heavy (non-hydrogen) atoms. The van der Waals surface area contributed by atoms with Gasteiger partial charge in [0.1, 0.15) is 17.0 Å². The van der Waals surface area contributed by atoms with Crippen LogP contribution in [0.25, 0.3) is 21.9 Å². The van der Waals surface area contributed by atoms with Crippen LogP contribution in [-0.2, 0) is 10.1 Å². The van der Waals surface area contributed by atoms with E-state index in [0.29, 0.717) is 16.8 Å². The molecule has 0 saturated heterocycles. The summed E-state index contributed by atoms with van der Waals surface area (Å²) in [6, 6.07) is 23.4. The second-order valence-corrected chi connectivity index (χ2v) is 11.2. The van der Waals surface area contributed by atoms with E-state index in [1.165, 1.54) is 24.3 Å². The van der Waals surface area contributed by atoms with E-state index in [1.54, 1.807) is 26.0 Å². The standard InChI is InChI=1S/C31H25N5O7S/c1-17-12-21-14-24(44(40,41)42)16-26(37)27(21)29(28(17)32)35-33-23-13-18(2)30(25(15-23)31(38)39)43-36-34-22-10-8-20(9-11-22)19-6-4-3-5-7-19/h3-16,37H,32H2,1-2H3,(H,38,39)(H,40,41,42). The number of carboxylic acid groups (broad SMARTS) is 1. The maximum Gasteiger partial charge on any atom is 0.339 e. The van der Waals surface area contributed by atoms with Crippen LogP contribution in [0.2, 0.25) is 0 Å². The summed E-state index contributed by atoms with van der Waals surface area (Å²) in [7, 11) is -4.59. The highest BCUT2D eigenvalue weighted by Crippen LogP contribution is 2.42. The zero-order valence-electron chi connectivity index (χ0n) is 23.3. The minimum absolute atomic E-state index is 0.0290. The third-order valence-corrected chi connectivity index (χ3v) is 7.56. The average Bonchev–Trinajstić information content (AvgIpc) is 2.98. The van der Waals surface area contributed by atoms with Crippen LogP contribution in [0.5, 0.6) is 11.5 Å². The van der Waals surface area contributed by atoms with Gasteiger partial charge in [-0.2, -0.15) is 13.5 Å². The minimum atomic E-state index is -4.59. The molecular weight excluding hydrogens is 586 g/mol. The van der Waals surface area contributed by atoms with Crippen molar-refractivity contribution in [3.63, 3.8) is 0 Å². The number of hydrogen-bond acceptors (Lipinski definition) is 10. The number of fused-ring (bicyclic) bond motifs is 1. The highest BCUT2D eigenvalue weighted by Gasteiger charge is 2.20. The van der Waals surface area contributed by atoms with E-state index in [-0.39, 0.29) is 39.1 Å². The normalized spacial score (nSPS) is 11.9. The summed E-state index contributed by atoms with van der Waals surface area (Å²) in [6.45, 7) is 3.25. The van der Waals surface area contributed by atoms with Gasteiger partial charge in [-0.15, -0.1) is 10.2 Å². The van der Waals surface area contributed by atoms with Crippen molar-refractivity contribution in [2.75, 3.05) is 5.73 Å². The van der Waals surface area contributed by atoms with Gasteiger partial charge in [0.15, 0.2) is 5.75 Å². The molecule has 0 amide bonds. The van der Waals surface area contributed by atoms with Gasteiger partial charge in [-0.25, -0.2) is 4.79 Å². The van der Waals surface area contributed by atoms with Gasteiger partial charge in [0, 0.05) is 11.3 Å². The minimum Gasteiger partial charge on any atom is -0.507 e. The number of anilines is 1. The SMILES string of the molecule is Cc1cc2cc(S(=O)(=O)O)cc(O)c2c(N=Nc2cc(C)c(ON=Nc3ccc(-c4ccccc4)cc3)c(C(=O)O)c2)c1N. The third kappa shape index (κ3) is 6.23. The van der Waals surface area contributed by atoms with Crippen molar-refractivity contribution in [3.8, 4) is 22.6 Å². The van der Waals surface area contributed by atoms with E-state index >= 15 is 0 Å². The molecule has 5 rings (SSSR count). The van der Waals surface area contributed by atoms with Gasteiger partial charge >= 0.3 is 5.97 Å². The first-order chi connectivity index (χ1) is 20.9. The Balaban J connectivity index is 1.44. The monoisotopic (exact) mass is 611 g/mol. The second kappa shape index (κ2) is 11.9. The van der Waals surface area contributed by atoms with Crippen LogP contribution in [0.3, 0.4) is 0 Å². The molecule has 0 aromatic heterocycles. The number of nitrogens with two attached hydrogens (primary N) is 1. The highest BCUT2D eigenvalue weighted by molar-refractivity contribution is 7.85. The lowest BCUT2D eigenvalue weighted by Crippen LogP contribution is -2.01. The van der Waals surface area contributed by atoms with E-state index < -0.39 is 26.7 Å². The second-order valence-electron chi connectivity index (χ2n) is 9.80. The van der Waals surface area contributed by atoms with Crippen molar-refractivity contribution in [2.45, 2.75) is 18.7 Å². The number of hydrogen-bond donors (Lipinski definition) is 4. The Morgan fingerprint density at radius 1 is 0.818 bits per heavy atom. The fourth-order valence-electron chi connectivity index (χ4n) is 4.54. The molecule has 0 unspecified atom stereocenters. The molecule has 0 aliphatic carbocycles. The Bertz CT molecular complexity index is 2080. The van der Waals surface area contributed by atoms with E-state index in [1.807, 2.05) is 42.5 Å². The first-order valence-electron chi connectivity index (χ1n) is 13.0. The van der Waals surface area contributed by atoms with Crippen LogP contribution in [0, 0.1) is 13.8 Å². The summed E-state index contributed by atoms with van der Waals surface area (Å²) in [4.78, 5) is 17.0. The number of nitrogens with zero attached hydrogens (tertiary/aromatic N) is 4. The number of nitrogen functional groups attached to an aromatic ring is 1. The van der Waals surface area contributed by atoms with Gasteiger partial charge in [0.05, 0.1) is 27.3 Å². The molecule has 0 bridgehead atoms. The summed E-state index contributed by atoms with van der Waals surface area (Å²) in [6.07, 6.45) is 0. The quantitative estimate of drug-likeness (QED) is 0.0588.